The number of hydrogen-bond donors (Lipinski definition) is 1. The molecule has 0 fully saturated rings. The molecule has 2 heterocycles. The third-order valence-corrected chi connectivity index (χ3v) is 5.89. The minimum atomic E-state index is -0.722. The number of nitro benzene ring substituents is 1. The van der Waals surface area contributed by atoms with Crippen molar-refractivity contribution >= 4 is 29.4 Å². The molecular formula is C29H29ClN4O6. The normalized spacial score (nSPS) is 11.6. The molecule has 0 aliphatic carbocycles. The van der Waals surface area contributed by atoms with E-state index in [1.807, 2.05) is 24.3 Å². The number of aryl methyl sites for hydroxylation is 2. The van der Waals surface area contributed by atoms with Gasteiger partial charge in [0, 0.05) is 33.7 Å². The number of aromatic nitrogens is 1. The zero-order valence-corrected chi connectivity index (χ0v) is 23.5. The van der Waals surface area contributed by atoms with Gasteiger partial charge in [-0.3, -0.25) is 14.9 Å². The van der Waals surface area contributed by atoms with Crippen LogP contribution in [0.1, 0.15) is 54.0 Å². The molecular weight excluding hydrogens is 536 g/mol. The summed E-state index contributed by atoms with van der Waals surface area (Å²) < 4.78 is 19.3. The van der Waals surface area contributed by atoms with Crippen molar-refractivity contribution in [1.29, 1.82) is 0 Å². The zero-order chi connectivity index (χ0) is 29.0. The Morgan fingerprint density at radius 1 is 1.10 bits per heavy atom. The smallest absolute Gasteiger partial charge is 0.313 e. The molecule has 0 radical (unpaired) electrons. The van der Waals surface area contributed by atoms with Crippen molar-refractivity contribution in [2.75, 3.05) is 0 Å². The molecule has 0 aliphatic heterocycles. The predicted molar refractivity (Wildman–Crippen MR) is 152 cm³/mol. The number of hydrogen-bond acceptors (Lipinski definition) is 7. The molecule has 1 amide bonds. The Morgan fingerprint density at radius 2 is 1.77 bits per heavy atom. The summed E-state index contributed by atoms with van der Waals surface area (Å²) in [5.74, 6) is 0.500. The number of ether oxygens (including phenoxy) is 2. The van der Waals surface area contributed by atoms with Crippen LogP contribution in [0, 0.1) is 24.0 Å². The standard InChI is InChI=1S/C29H29ClN4O6/c1-18-6-7-19(2)33(18)22-8-10-23(11-9-22)38-17-24-12-13-26(39-24)28(35)32-31-16-20-14-21(30)15-25(34(36)37)27(20)40-29(3,4)5/h6-16H,17H2,1-5H3,(H,32,35)/b31-16+. The first-order valence-corrected chi connectivity index (χ1v) is 12.8. The van der Waals surface area contributed by atoms with E-state index in [1.165, 1.54) is 24.4 Å². The molecule has 0 saturated heterocycles. The Balaban J connectivity index is 1.39. The number of nitrogens with one attached hydrogen (secondary N) is 1. The largest absolute Gasteiger partial charge is 0.486 e. The van der Waals surface area contributed by atoms with Gasteiger partial charge in [-0.1, -0.05) is 11.6 Å². The van der Waals surface area contributed by atoms with Crippen LogP contribution in [0.4, 0.5) is 5.69 Å². The molecule has 2 aromatic carbocycles. The molecule has 0 saturated carbocycles. The number of carbonyl (C=O) groups excluding carboxylic acids is 1. The summed E-state index contributed by atoms with van der Waals surface area (Å²) in [6, 6.07) is 17.6. The van der Waals surface area contributed by atoms with Crippen molar-refractivity contribution < 1.29 is 23.6 Å². The van der Waals surface area contributed by atoms with Crippen molar-refractivity contribution in [2.45, 2.75) is 46.8 Å². The number of carbonyl (C=O) groups is 1. The van der Waals surface area contributed by atoms with E-state index in [9.17, 15) is 14.9 Å². The van der Waals surface area contributed by atoms with Gasteiger partial charge in [-0.25, -0.2) is 5.43 Å². The highest BCUT2D eigenvalue weighted by atomic mass is 35.5. The number of halogens is 1. The highest BCUT2D eigenvalue weighted by Gasteiger charge is 2.25. The lowest BCUT2D eigenvalue weighted by atomic mass is 10.1. The van der Waals surface area contributed by atoms with Crippen LogP contribution in [0.3, 0.4) is 0 Å². The molecule has 4 rings (SSSR count). The maximum Gasteiger partial charge on any atom is 0.313 e. The quantitative estimate of drug-likeness (QED) is 0.136. The van der Waals surface area contributed by atoms with Gasteiger partial charge in [0.05, 0.1) is 11.1 Å². The molecule has 0 bridgehead atoms. The Hall–Kier alpha value is -4.57. The minimum absolute atomic E-state index is 0.0102. The van der Waals surface area contributed by atoms with Crippen LogP contribution in [-0.2, 0) is 6.61 Å². The molecule has 11 heteroatoms. The van der Waals surface area contributed by atoms with Crippen molar-refractivity contribution in [3.05, 3.63) is 104 Å². The summed E-state index contributed by atoms with van der Waals surface area (Å²) in [5, 5.41) is 15.6. The van der Waals surface area contributed by atoms with Crippen LogP contribution < -0.4 is 14.9 Å². The molecule has 2 aromatic heterocycles. The lowest BCUT2D eigenvalue weighted by Crippen LogP contribution is -2.24. The summed E-state index contributed by atoms with van der Waals surface area (Å²) in [6.45, 7) is 9.49. The number of rotatable bonds is 9. The van der Waals surface area contributed by atoms with Crippen LogP contribution in [-0.4, -0.2) is 27.2 Å². The number of nitro groups is 1. The van der Waals surface area contributed by atoms with Crippen molar-refractivity contribution in [2.24, 2.45) is 5.10 Å². The Labute approximate surface area is 236 Å². The van der Waals surface area contributed by atoms with Gasteiger partial charge in [0.15, 0.2) is 5.76 Å². The molecule has 4 aromatic rings. The molecule has 0 spiro atoms. The second-order valence-electron chi connectivity index (χ2n) is 10.0. The predicted octanol–water partition coefficient (Wildman–Crippen LogP) is 6.77. The van der Waals surface area contributed by atoms with Gasteiger partial charge in [0.2, 0.25) is 5.75 Å². The van der Waals surface area contributed by atoms with Gasteiger partial charge in [-0.2, -0.15) is 5.10 Å². The van der Waals surface area contributed by atoms with Gasteiger partial charge in [-0.15, -0.1) is 0 Å². The lowest BCUT2D eigenvalue weighted by molar-refractivity contribution is -0.386. The number of hydrazone groups is 1. The van der Waals surface area contributed by atoms with Gasteiger partial charge >= 0.3 is 11.6 Å². The highest BCUT2D eigenvalue weighted by Crippen LogP contribution is 2.36. The van der Waals surface area contributed by atoms with Crippen molar-refractivity contribution in [3.63, 3.8) is 0 Å². The second kappa shape index (κ2) is 11.7. The Kier molecular flexibility index (Phi) is 8.29. The van der Waals surface area contributed by atoms with Crippen LogP contribution >= 0.6 is 11.6 Å². The molecule has 40 heavy (non-hydrogen) atoms. The third-order valence-electron chi connectivity index (χ3n) is 5.67. The van der Waals surface area contributed by atoms with Crippen molar-refractivity contribution in [3.8, 4) is 17.2 Å². The van der Waals surface area contributed by atoms with Gasteiger partial charge in [0.25, 0.3) is 0 Å². The van der Waals surface area contributed by atoms with Gasteiger partial charge in [-0.05, 0) is 89.2 Å². The van der Waals surface area contributed by atoms with Gasteiger partial charge < -0.3 is 18.5 Å². The number of benzene rings is 2. The van der Waals surface area contributed by atoms with E-state index in [2.05, 4.69) is 41.1 Å². The van der Waals surface area contributed by atoms with Crippen LogP contribution in [0.25, 0.3) is 5.69 Å². The van der Waals surface area contributed by atoms with E-state index in [0.717, 1.165) is 17.1 Å². The minimum Gasteiger partial charge on any atom is -0.486 e. The molecule has 1 N–H and O–H groups in total. The molecule has 0 aliphatic rings. The molecule has 10 nitrogen and oxygen atoms in total. The Bertz CT molecular complexity index is 1540. The average molecular weight is 565 g/mol. The van der Waals surface area contributed by atoms with E-state index in [1.54, 1.807) is 26.8 Å². The topological polar surface area (TPSA) is 121 Å². The summed E-state index contributed by atoms with van der Waals surface area (Å²) in [6.07, 6.45) is 1.23. The first-order valence-electron chi connectivity index (χ1n) is 12.4. The molecule has 0 unspecified atom stereocenters. The van der Waals surface area contributed by atoms with E-state index in [-0.39, 0.29) is 34.4 Å². The van der Waals surface area contributed by atoms with E-state index < -0.39 is 16.4 Å². The fourth-order valence-corrected chi connectivity index (χ4v) is 4.18. The second-order valence-corrected chi connectivity index (χ2v) is 10.5. The zero-order valence-electron chi connectivity index (χ0n) is 22.7. The first kappa shape index (κ1) is 28.4. The summed E-state index contributed by atoms with van der Waals surface area (Å²) in [5.41, 5.74) is 4.87. The van der Waals surface area contributed by atoms with E-state index in [4.69, 9.17) is 25.5 Å². The summed E-state index contributed by atoms with van der Waals surface area (Å²) >= 11 is 6.06. The first-order chi connectivity index (χ1) is 18.9. The maximum atomic E-state index is 12.6. The van der Waals surface area contributed by atoms with Crippen LogP contribution in [0.2, 0.25) is 5.02 Å². The monoisotopic (exact) mass is 564 g/mol. The van der Waals surface area contributed by atoms with Gasteiger partial charge in [0.1, 0.15) is 23.7 Å². The van der Waals surface area contributed by atoms with E-state index >= 15 is 0 Å². The number of nitrogens with zero attached hydrogens (tertiary/aromatic N) is 3. The highest BCUT2D eigenvalue weighted by molar-refractivity contribution is 6.31. The summed E-state index contributed by atoms with van der Waals surface area (Å²) in [4.78, 5) is 23.5. The number of furan rings is 1. The fraction of sp³-hybridized carbons (Fsp3) is 0.241. The van der Waals surface area contributed by atoms with Crippen molar-refractivity contribution in [1.82, 2.24) is 9.99 Å². The molecule has 208 valence electrons. The Morgan fingerprint density at radius 3 is 2.40 bits per heavy atom. The van der Waals surface area contributed by atoms with Crippen LogP contribution in [0.5, 0.6) is 11.5 Å². The average Bonchev–Trinajstić information content (AvgIpc) is 3.49. The fourth-order valence-electron chi connectivity index (χ4n) is 3.96. The number of amides is 1. The van der Waals surface area contributed by atoms with Crippen LogP contribution in [0.15, 0.2) is 70.2 Å². The summed E-state index contributed by atoms with van der Waals surface area (Å²) in [7, 11) is 0. The lowest BCUT2D eigenvalue weighted by Gasteiger charge is -2.22. The molecule has 0 atom stereocenters. The third kappa shape index (κ3) is 6.89. The SMILES string of the molecule is Cc1ccc(C)n1-c1ccc(OCc2ccc(C(=O)N/N=C/c3cc(Cl)cc([N+](=O)[O-])c3OC(C)(C)C)o2)cc1. The van der Waals surface area contributed by atoms with E-state index in [0.29, 0.717) is 11.5 Å². The maximum absolute atomic E-state index is 12.6.